The zero-order valence-corrected chi connectivity index (χ0v) is 14.8. The summed E-state index contributed by atoms with van der Waals surface area (Å²) in [5.41, 5.74) is 3.67. The molecule has 1 saturated heterocycles. The molecule has 1 aliphatic rings. The van der Waals surface area contributed by atoms with Crippen LogP contribution in [0.25, 0.3) is 0 Å². The molecule has 1 fully saturated rings. The molecule has 3 N–H and O–H groups in total. The number of hydrogen-bond donors (Lipinski definition) is 3. The van der Waals surface area contributed by atoms with E-state index in [1.54, 1.807) is 0 Å². The summed E-state index contributed by atoms with van der Waals surface area (Å²) in [6, 6.07) is 9.41. The molecular formula is C18H24N4OS. The van der Waals surface area contributed by atoms with Crippen LogP contribution in [-0.4, -0.2) is 30.0 Å². The van der Waals surface area contributed by atoms with Crippen LogP contribution >= 0.6 is 11.3 Å². The van der Waals surface area contributed by atoms with Crippen LogP contribution < -0.4 is 16.0 Å². The number of carbonyl (C=O) groups is 1. The van der Waals surface area contributed by atoms with E-state index in [9.17, 15) is 4.79 Å². The van der Waals surface area contributed by atoms with Crippen molar-refractivity contribution in [1.82, 2.24) is 15.6 Å². The van der Waals surface area contributed by atoms with Gasteiger partial charge in [-0.2, -0.15) is 0 Å². The van der Waals surface area contributed by atoms with Gasteiger partial charge < -0.3 is 16.0 Å². The van der Waals surface area contributed by atoms with E-state index in [-0.39, 0.29) is 5.91 Å². The minimum absolute atomic E-state index is 0.0755. The van der Waals surface area contributed by atoms with Crippen LogP contribution in [0.3, 0.4) is 0 Å². The Hall–Kier alpha value is -1.76. The summed E-state index contributed by atoms with van der Waals surface area (Å²) < 4.78 is 0. The molecule has 2 aromatic rings. The third-order valence-electron chi connectivity index (χ3n) is 4.18. The minimum atomic E-state index is -0.0755. The van der Waals surface area contributed by atoms with Gasteiger partial charge in [-0.05, 0) is 36.9 Å². The van der Waals surface area contributed by atoms with Gasteiger partial charge in [0.05, 0.1) is 5.69 Å². The van der Waals surface area contributed by atoms with Crippen LogP contribution in [0.4, 0.5) is 5.13 Å². The second kappa shape index (κ2) is 8.37. The summed E-state index contributed by atoms with van der Waals surface area (Å²) in [4.78, 5) is 15.4. The van der Waals surface area contributed by atoms with Gasteiger partial charge in [-0.1, -0.05) is 24.3 Å². The number of nitrogens with one attached hydrogen (secondary N) is 3. The number of rotatable bonds is 7. The van der Waals surface area contributed by atoms with Crippen molar-refractivity contribution in [2.75, 3.05) is 18.4 Å². The predicted octanol–water partition coefficient (Wildman–Crippen LogP) is 2.34. The van der Waals surface area contributed by atoms with Gasteiger partial charge in [0.15, 0.2) is 5.13 Å². The van der Waals surface area contributed by atoms with Gasteiger partial charge in [-0.25, -0.2) is 4.98 Å². The molecule has 1 aromatic heterocycles. The molecule has 0 radical (unpaired) electrons. The maximum Gasteiger partial charge on any atom is 0.223 e. The number of amides is 1. The lowest BCUT2D eigenvalue weighted by molar-refractivity contribution is -0.114. The fourth-order valence-electron chi connectivity index (χ4n) is 2.82. The number of hydrogen-bond acceptors (Lipinski definition) is 5. The Bertz CT molecular complexity index is 662. The number of nitrogens with zero attached hydrogens (tertiary/aromatic N) is 1. The van der Waals surface area contributed by atoms with Crippen LogP contribution in [0.5, 0.6) is 0 Å². The average molecular weight is 344 g/mol. The van der Waals surface area contributed by atoms with E-state index in [0.29, 0.717) is 11.2 Å². The van der Waals surface area contributed by atoms with Crippen molar-refractivity contribution in [2.24, 2.45) is 0 Å². The standard InChI is InChI=1S/C18H24N4OS/c1-13(23)21-18-22-17(12-24-18)7-6-14-2-4-15(5-3-14)10-20-16-8-9-19-11-16/h2-5,12,16,19-20H,6-11H2,1H3,(H,21,22,23). The third-order valence-corrected chi connectivity index (χ3v) is 4.99. The number of thiazole rings is 1. The lowest BCUT2D eigenvalue weighted by Crippen LogP contribution is -2.30. The summed E-state index contributed by atoms with van der Waals surface area (Å²) in [6.45, 7) is 4.63. The van der Waals surface area contributed by atoms with E-state index in [1.165, 1.54) is 35.8 Å². The maximum absolute atomic E-state index is 11.0. The highest BCUT2D eigenvalue weighted by Crippen LogP contribution is 2.17. The number of benzene rings is 1. The van der Waals surface area contributed by atoms with Crippen molar-refractivity contribution in [2.45, 2.75) is 38.8 Å². The molecule has 1 unspecified atom stereocenters. The molecule has 6 heteroatoms. The molecule has 2 heterocycles. The average Bonchev–Trinajstić information content (AvgIpc) is 3.23. The van der Waals surface area contributed by atoms with E-state index >= 15 is 0 Å². The fourth-order valence-corrected chi connectivity index (χ4v) is 3.61. The van der Waals surface area contributed by atoms with Crippen LogP contribution in [-0.2, 0) is 24.2 Å². The zero-order valence-electron chi connectivity index (χ0n) is 14.0. The van der Waals surface area contributed by atoms with Crippen molar-refractivity contribution in [1.29, 1.82) is 0 Å². The quantitative estimate of drug-likeness (QED) is 0.721. The van der Waals surface area contributed by atoms with Gasteiger partial charge >= 0.3 is 0 Å². The third kappa shape index (κ3) is 5.12. The van der Waals surface area contributed by atoms with E-state index in [1.807, 2.05) is 5.38 Å². The Morgan fingerprint density at radius 1 is 1.29 bits per heavy atom. The predicted molar refractivity (Wildman–Crippen MR) is 98.4 cm³/mol. The highest BCUT2D eigenvalue weighted by molar-refractivity contribution is 7.13. The molecule has 1 amide bonds. The molecule has 1 aliphatic heterocycles. The zero-order chi connectivity index (χ0) is 16.8. The molecule has 1 aromatic carbocycles. The van der Waals surface area contributed by atoms with Crippen LogP contribution in [0.2, 0.25) is 0 Å². The SMILES string of the molecule is CC(=O)Nc1nc(CCc2ccc(CNC3CCNC3)cc2)cs1. The van der Waals surface area contributed by atoms with Crippen molar-refractivity contribution >= 4 is 22.4 Å². The second-order valence-corrected chi connectivity index (χ2v) is 7.07. The first-order chi connectivity index (χ1) is 11.7. The molecular weight excluding hydrogens is 320 g/mol. The Morgan fingerprint density at radius 3 is 2.79 bits per heavy atom. The first-order valence-corrected chi connectivity index (χ1v) is 9.31. The molecule has 3 rings (SSSR count). The fraction of sp³-hybridized carbons (Fsp3) is 0.444. The topological polar surface area (TPSA) is 66.0 Å². The van der Waals surface area contributed by atoms with Gasteiger partial charge in [0.25, 0.3) is 0 Å². The van der Waals surface area contributed by atoms with Crippen LogP contribution in [0.1, 0.15) is 30.2 Å². The molecule has 128 valence electrons. The maximum atomic E-state index is 11.0. The summed E-state index contributed by atoms with van der Waals surface area (Å²) in [6.07, 6.45) is 3.07. The Balaban J connectivity index is 1.45. The van der Waals surface area contributed by atoms with Crippen LogP contribution in [0.15, 0.2) is 29.6 Å². The van der Waals surface area contributed by atoms with Gasteiger partial charge in [0.1, 0.15) is 0 Å². The molecule has 1 atom stereocenters. The number of carbonyl (C=O) groups excluding carboxylic acids is 1. The summed E-state index contributed by atoms with van der Waals surface area (Å²) >= 11 is 1.48. The lowest BCUT2D eigenvalue weighted by atomic mass is 10.1. The second-order valence-electron chi connectivity index (χ2n) is 6.21. The summed E-state index contributed by atoms with van der Waals surface area (Å²) in [5.74, 6) is -0.0755. The highest BCUT2D eigenvalue weighted by Gasteiger charge is 2.12. The van der Waals surface area contributed by atoms with E-state index in [2.05, 4.69) is 45.2 Å². The molecule has 0 aliphatic carbocycles. The summed E-state index contributed by atoms with van der Waals surface area (Å²) in [7, 11) is 0. The molecule has 5 nitrogen and oxygen atoms in total. The number of aromatic nitrogens is 1. The Kier molecular flexibility index (Phi) is 5.96. The van der Waals surface area contributed by atoms with E-state index in [0.717, 1.165) is 38.2 Å². The Labute approximate surface area is 146 Å². The lowest BCUT2D eigenvalue weighted by Gasteiger charge is -2.11. The number of aryl methyl sites for hydroxylation is 2. The molecule has 0 spiro atoms. The van der Waals surface area contributed by atoms with Crippen molar-refractivity contribution in [3.05, 3.63) is 46.5 Å². The van der Waals surface area contributed by atoms with Gasteiger partial charge in [-0.3, -0.25) is 4.79 Å². The van der Waals surface area contributed by atoms with Crippen LogP contribution in [0, 0.1) is 0 Å². The normalized spacial score (nSPS) is 17.1. The van der Waals surface area contributed by atoms with E-state index in [4.69, 9.17) is 0 Å². The van der Waals surface area contributed by atoms with Crippen molar-refractivity contribution in [3.63, 3.8) is 0 Å². The first kappa shape index (κ1) is 17.1. The highest BCUT2D eigenvalue weighted by atomic mass is 32.1. The first-order valence-electron chi connectivity index (χ1n) is 8.43. The van der Waals surface area contributed by atoms with Crippen molar-refractivity contribution < 1.29 is 4.79 Å². The monoisotopic (exact) mass is 344 g/mol. The Morgan fingerprint density at radius 2 is 2.08 bits per heavy atom. The molecule has 0 bridgehead atoms. The van der Waals surface area contributed by atoms with Gasteiger partial charge in [-0.15, -0.1) is 11.3 Å². The van der Waals surface area contributed by atoms with Gasteiger partial charge in [0.2, 0.25) is 5.91 Å². The van der Waals surface area contributed by atoms with Crippen molar-refractivity contribution in [3.8, 4) is 0 Å². The molecule has 24 heavy (non-hydrogen) atoms. The van der Waals surface area contributed by atoms with E-state index < -0.39 is 0 Å². The summed E-state index contributed by atoms with van der Waals surface area (Å²) in [5, 5.41) is 12.4. The largest absolute Gasteiger partial charge is 0.315 e. The smallest absolute Gasteiger partial charge is 0.223 e. The van der Waals surface area contributed by atoms with Gasteiger partial charge in [0, 0.05) is 31.4 Å². The minimum Gasteiger partial charge on any atom is -0.315 e. The number of anilines is 1. The molecule has 0 saturated carbocycles.